The van der Waals surface area contributed by atoms with Gasteiger partial charge in [0.25, 0.3) is 0 Å². The van der Waals surface area contributed by atoms with Gasteiger partial charge in [-0.25, -0.2) is 15.3 Å². The molecule has 22 heavy (non-hydrogen) atoms. The Hall–Kier alpha value is -2.41. The van der Waals surface area contributed by atoms with Gasteiger partial charge in [0.1, 0.15) is 6.61 Å². The minimum absolute atomic E-state index is 0.177. The van der Waals surface area contributed by atoms with Gasteiger partial charge in [0.15, 0.2) is 0 Å². The van der Waals surface area contributed by atoms with Crippen LogP contribution in [0.15, 0.2) is 43.2 Å². The molecule has 0 unspecified atom stereocenters. The van der Waals surface area contributed by atoms with E-state index in [1.54, 1.807) is 24.9 Å². The molecule has 0 bridgehead atoms. The molecule has 2 amide bonds. The molecule has 0 aromatic carbocycles. The van der Waals surface area contributed by atoms with E-state index in [4.69, 9.17) is 4.84 Å². The number of imidazole rings is 1. The molecule has 2 aromatic heterocycles. The second kappa shape index (κ2) is 7.04. The fourth-order valence-corrected chi connectivity index (χ4v) is 2.65. The van der Waals surface area contributed by atoms with Crippen molar-refractivity contribution in [3.05, 3.63) is 48.8 Å². The van der Waals surface area contributed by atoms with E-state index in [1.165, 1.54) is 0 Å². The van der Waals surface area contributed by atoms with E-state index >= 15 is 0 Å². The van der Waals surface area contributed by atoms with Gasteiger partial charge in [0.2, 0.25) is 0 Å². The Kier molecular flexibility index (Phi) is 4.65. The zero-order valence-electron chi connectivity index (χ0n) is 12.3. The summed E-state index contributed by atoms with van der Waals surface area (Å²) < 4.78 is 1.99. The first-order chi connectivity index (χ1) is 10.8. The summed E-state index contributed by atoms with van der Waals surface area (Å²) >= 11 is 0. The fourth-order valence-electron chi connectivity index (χ4n) is 2.65. The zero-order valence-corrected chi connectivity index (χ0v) is 12.3. The van der Waals surface area contributed by atoms with E-state index in [9.17, 15) is 4.79 Å². The molecule has 0 spiro atoms. The maximum absolute atomic E-state index is 12.2. The van der Waals surface area contributed by atoms with Crippen molar-refractivity contribution in [1.29, 1.82) is 0 Å². The van der Waals surface area contributed by atoms with Crippen LogP contribution in [0, 0.1) is 0 Å². The second-order valence-corrected chi connectivity index (χ2v) is 5.31. The number of rotatable bonds is 5. The Labute approximate surface area is 128 Å². The van der Waals surface area contributed by atoms with E-state index in [2.05, 4.69) is 15.4 Å². The topological polar surface area (TPSA) is 72.3 Å². The number of hydrogen-bond donors (Lipinski definition) is 1. The molecule has 1 aliphatic rings. The van der Waals surface area contributed by atoms with Crippen LogP contribution in [0.1, 0.15) is 18.4 Å². The SMILES string of the molecule is O=C(NOCc1cccnc1)N1CCC[C@H]1Cn1ccnc1. The largest absolute Gasteiger partial charge is 0.341 e. The van der Waals surface area contributed by atoms with Gasteiger partial charge >= 0.3 is 6.03 Å². The molecule has 0 radical (unpaired) electrons. The molecule has 3 heterocycles. The molecule has 3 rings (SSSR count). The number of hydroxylamine groups is 1. The lowest BCUT2D eigenvalue weighted by atomic mass is 10.2. The Morgan fingerprint density at radius 2 is 2.36 bits per heavy atom. The molecule has 1 atom stereocenters. The predicted octanol–water partition coefficient (Wildman–Crippen LogP) is 1.58. The van der Waals surface area contributed by atoms with Crippen LogP contribution in [-0.2, 0) is 18.0 Å². The van der Waals surface area contributed by atoms with Gasteiger partial charge in [0.05, 0.1) is 12.4 Å². The molecule has 1 N–H and O–H groups in total. The lowest BCUT2D eigenvalue weighted by Gasteiger charge is -2.24. The van der Waals surface area contributed by atoms with Crippen LogP contribution in [0.3, 0.4) is 0 Å². The van der Waals surface area contributed by atoms with Gasteiger partial charge in [-0.05, 0) is 24.5 Å². The van der Waals surface area contributed by atoms with Crippen LogP contribution in [0.2, 0.25) is 0 Å². The van der Waals surface area contributed by atoms with E-state index in [0.717, 1.165) is 31.5 Å². The number of amides is 2. The van der Waals surface area contributed by atoms with Crippen molar-refractivity contribution in [2.24, 2.45) is 0 Å². The molecule has 0 saturated carbocycles. The van der Waals surface area contributed by atoms with Crippen LogP contribution in [-0.4, -0.2) is 38.1 Å². The monoisotopic (exact) mass is 301 g/mol. The summed E-state index contributed by atoms with van der Waals surface area (Å²) in [6.45, 7) is 1.82. The van der Waals surface area contributed by atoms with Crippen molar-refractivity contribution in [2.45, 2.75) is 32.0 Å². The number of carbonyl (C=O) groups excluding carboxylic acids is 1. The first-order valence-electron chi connectivity index (χ1n) is 7.36. The highest BCUT2D eigenvalue weighted by molar-refractivity contribution is 5.73. The average molecular weight is 301 g/mol. The van der Waals surface area contributed by atoms with E-state index in [1.807, 2.05) is 27.8 Å². The summed E-state index contributed by atoms with van der Waals surface area (Å²) in [4.78, 5) is 27.4. The Balaban J connectivity index is 1.48. The van der Waals surface area contributed by atoms with E-state index < -0.39 is 0 Å². The molecule has 7 nitrogen and oxygen atoms in total. The van der Waals surface area contributed by atoms with Crippen molar-refractivity contribution in [1.82, 2.24) is 24.9 Å². The van der Waals surface area contributed by atoms with Gasteiger partial charge in [0, 0.05) is 37.9 Å². The number of hydrogen-bond acceptors (Lipinski definition) is 4. The van der Waals surface area contributed by atoms with Crippen LogP contribution < -0.4 is 5.48 Å². The van der Waals surface area contributed by atoms with Crippen molar-refractivity contribution in [2.75, 3.05) is 6.54 Å². The summed E-state index contributed by atoms with van der Waals surface area (Å²) in [5.74, 6) is 0. The van der Waals surface area contributed by atoms with Crippen LogP contribution in [0.4, 0.5) is 4.79 Å². The van der Waals surface area contributed by atoms with Gasteiger partial charge in [-0.3, -0.25) is 9.82 Å². The number of nitrogens with zero attached hydrogens (tertiary/aromatic N) is 4. The van der Waals surface area contributed by atoms with Crippen molar-refractivity contribution < 1.29 is 9.63 Å². The van der Waals surface area contributed by atoms with E-state index in [-0.39, 0.29) is 12.1 Å². The van der Waals surface area contributed by atoms with Gasteiger partial charge in [-0.1, -0.05) is 6.07 Å². The van der Waals surface area contributed by atoms with Crippen LogP contribution in [0.25, 0.3) is 0 Å². The number of nitrogens with one attached hydrogen (secondary N) is 1. The standard InChI is InChI=1S/C15H19N5O2/c21-15(18-22-11-13-3-1-5-16-9-13)20-7-2-4-14(20)10-19-8-6-17-12-19/h1,3,5-6,8-9,12,14H,2,4,7,10-11H2,(H,18,21)/t14-/m0/s1. The molecular formula is C15H19N5O2. The molecule has 1 aliphatic heterocycles. The third kappa shape index (κ3) is 3.62. The molecule has 116 valence electrons. The molecule has 1 saturated heterocycles. The smallest absolute Gasteiger partial charge is 0.335 e. The third-order valence-electron chi connectivity index (χ3n) is 3.74. The van der Waals surface area contributed by atoms with Crippen LogP contribution >= 0.6 is 0 Å². The van der Waals surface area contributed by atoms with Gasteiger partial charge in [-0.15, -0.1) is 0 Å². The normalized spacial score (nSPS) is 17.6. The molecule has 1 fully saturated rings. The highest BCUT2D eigenvalue weighted by atomic mass is 16.7. The van der Waals surface area contributed by atoms with Crippen molar-refractivity contribution in [3.8, 4) is 0 Å². The van der Waals surface area contributed by atoms with Crippen molar-refractivity contribution >= 4 is 6.03 Å². The Morgan fingerprint density at radius 1 is 1.41 bits per heavy atom. The lowest BCUT2D eigenvalue weighted by Crippen LogP contribution is -2.44. The molecule has 7 heteroatoms. The number of aromatic nitrogens is 3. The highest BCUT2D eigenvalue weighted by Gasteiger charge is 2.29. The summed E-state index contributed by atoms with van der Waals surface area (Å²) in [5, 5.41) is 0. The zero-order chi connectivity index (χ0) is 15.2. The Morgan fingerprint density at radius 3 is 3.14 bits per heavy atom. The quantitative estimate of drug-likeness (QED) is 0.851. The summed E-state index contributed by atoms with van der Waals surface area (Å²) in [6, 6.07) is 3.72. The maximum Gasteiger partial charge on any atom is 0.341 e. The predicted molar refractivity (Wildman–Crippen MR) is 79.5 cm³/mol. The fraction of sp³-hybridized carbons (Fsp3) is 0.400. The lowest BCUT2D eigenvalue weighted by molar-refractivity contribution is 0.0344. The second-order valence-electron chi connectivity index (χ2n) is 5.31. The molecule has 0 aliphatic carbocycles. The molecular weight excluding hydrogens is 282 g/mol. The summed E-state index contributed by atoms with van der Waals surface area (Å²) in [5.41, 5.74) is 3.43. The number of carbonyl (C=O) groups is 1. The molecule has 2 aromatic rings. The van der Waals surface area contributed by atoms with Crippen LogP contribution in [0.5, 0.6) is 0 Å². The van der Waals surface area contributed by atoms with Crippen molar-refractivity contribution in [3.63, 3.8) is 0 Å². The number of urea groups is 1. The number of likely N-dealkylation sites (tertiary alicyclic amines) is 1. The first-order valence-corrected chi connectivity index (χ1v) is 7.36. The highest BCUT2D eigenvalue weighted by Crippen LogP contribution is 2.18. The average Bonchev–Trinajstić information content (AvgIpc) is 3.20. The third-order valence-corrected chi connectivity index (χ3v) is 3.74. The minimum atomic E-state index is -0.188. The number of pyridine rings is 1. The minimum Gasteiger partial charge on any atom is -0.335 e. The first kappa shape index (κ1) is 14.5. The maximum atomic E-state index is 12.2. The summed E-state index contributed by atoms with van der Waals surface area (Å²) in [6.07, 6.45) is 10.8. The van der Waals surface area contributed by atoms with Gasteiger partial charge in [-0.2, -0.15) is 0 Å². The Bertz CT molecular complexity index is 587. The van der Waals surface area contributed by atoms with Gasteiger partial charge < -0.3 is 9.47 Å². The summed E-state index contributed by atoms with van der Waals surface area (Å²) in [7, 11) is 0. The van der Waals surface area contributed by atoms with E-state index in [0.29, 0.717) is 6.61 Å².